The minimum absolute atomic E-state index is 0.00220. The van der Waals surface area contributed by atoms with Gasteiger partial charge in [0.1, 0.15) is 4.32 Å². The normalized spacial score (nSPS) is 15.6. The highest BCUT2D eigenvalue weighted by atomic mass is 32.2. The van der Waals surface area contributed by atoms with Crippen LogP contribution in [0.15, 0.2) is 24.3 Å². The van der Waals surface area contributed by atoms with Crippen molar-refractivity contribution in [2.75, 3.05) is 44.3 Å². The molecule has 1 aliphatic rings. The molecule has 2 rings (SSSR count). The van der Waals surface area contributed by atoms with Gasteiger partial charge in [0.05, 0.1) is 5.75 Å². The molecule has 0 aliphatic carbocycles. The summed E-state index contributed by atoms with van der Waals surface area (Å²) in [5.41, 5.74) is 2.06. The number of carbonyl (C=O) groups excluding carboxylic acids is 1. The van der Waals surface area contributed by atoms with Gasteiger partial charge in [0.25, 0.3) is 0 Å². The van der Waals surface area contributed by atoms with Crippen LogP contribution in [0.25, 0.3) is 0 Å². The van der Waals surface area contributed by atoms with E-state index in [4.69, 9.17) is 12.2 Å². The molecule has 0 saturated carbocycles. The molecule has 1 N–H and O–H groups in total. The van der Waals surface area contributed by atoms with E-state index in [-0.39, 0.29) is 5.91 Å². The molecule has 1 aromatic rings. The number of nitrogens with zero attached hydrogens (tertiary/aromatic N) is 2. The summed E-state index contributed by atoms with van der Waals surface area (Å²) in [6, 6.07) is 7.92. The summed E-state index contributed by atoms with van der Waals surface area (Å²) < 4.78 is 0.826. The minimum Gasteiger partial charge on any atom is -0.355 e. The van der Waals surface area contributed by atoms with Gasteiger partial charge in [-0.05, 0) is 25.1 Å². The summed E-state index contributed by atoms with van der Waals surface area (Å²) >= 11 is 6.89. The average Bonchev–Trinajstić information content (AvgIpc) is 2.54. The molecule has 1 aliphatic heterocycles. The number of thiocarbonyl (C=S) groups is 1. The van der Waals surface area contributed by atoms with Gasteiger partial charge in [-0.2, -0.15) is 0 Å². The number of anilines is 1. The molecule has 4 nitrogen and oxygen atoms in total. The Morgan fingerprint density at radius 1 is 1.27 bits per heavy atom. The highest BCUT2D eigenvalue weighted by Gasteiger charge is 2.17. The topological polar surface area (TPSA) is 35.6 Å². The van der Waals surface area contributed by atoms with E-state index >= 15 is 0 Å². The lowest BCUT2D eigenvalue weighted by molar-refractivity contribution is -0.113. The zero-order valence-corrected chi connectivity index (χ0v) is 14.8. The molecular formula is C16H23N3OS2. The smallest absolute Gasteiger partial charge is 0.234 e. The predicted molar refractivity (Wildman–Crippen MR) is 98.6 cm³/mol. The third-order valence-electron chi connectivity index (χ3n) is 3.76. The SMILES string of the molecule is CCc1ccccc1NC(=O)CSC(=S)N1CCN(C)CC1. The highest BCUT2D eigenvalue weighted by Crippen LogP contribution is 2.17. The van der Waals surface area contributed by atoms with Crippen LogP contribution >= 0.6 is 24.0 Å². The maximum Gasteiger partial charge on any atom is 0.234 e. The Labute approximate surface area is 142 Å². The molecule has 0 atom stereocenters. The quantitative estimate of drug-likeness (QED) is 0.854. The average molecular weight is 338 g/mol. The van der Waals surface area contributed by atoms with Gasteiger partial charge in [0.2, 0.25) is 5.91 Å². The third kappa shape index (κ3) is 4.97. The van der Waals surface area contributed by atoms with Crippen molar-refractivity contribution in [1.29, 1.82) is 0 Å². The van der Waals surface area contributed by atoms with Gasteiger partial charge in [-0.3, -0.25) is 4.79 Å². The van der Waals surface area contributed by atoms with Crippen molar-refractivity contribution in [3.63, 3.8) is 0 Å². The lowest BCUT2D eigenvalue weighted by Gasteiger charge is -2.33. The first-order chi connectivity index (χ1) is 10.6. The van der Waals surface area contributed by atoms with Crippen LogP contribution in [0.3, 0.4) is 0 Å². The van der Waals surface area contributed by atoms with Crippen molar-refractivity contribution >= 4 is 39.9 Å². The molecule has 1 heterocycles. The van der Waals surface area contributed by atoms with Gasteiger partial charge in [-0.25, -0.2) is 0 Å². The second-order valence-electron chi connectivity index (χ2n) is 5.40. The fourth-order valence-corrected chi connectivity index (χ4v) is 3.40. The highest BCUT2D eigenvalue weighted by molar-refractivity contribution is 8.23. The largest absolute Gasteiger partial charge is 0.355 e. The van der Waals surface area contributed by atoms with Crippen LogP contribution in [0.4, 0.5) is 5.69 Å². The molecule has 0 aromatic heterocycles. The molecule has 22 heavy (non-hydrogen) atoms. The van der Waals surface area contributed by atoms with Crippen molar-refractivity contribution in [1.82, 2.24) is 9.80 Å². The number of aryl methyl sites for hydroxylation is 1. The molecular weight excluding hydrogens is 314 g/mol. The lowest BCUT2D eigenvalue weighted by atomic mass is 10.1. The van der Waals surface area contributed by atoms with Crippen molar-refractivity contribution in [3.05, 3.63) is 29.8 Å². The van der Waals surface area contributed by atoms with Crippen molar-refractivity contribution < 1.29 is 4.79 Å². The van der Waals surface area contributed by atoms with Crippen LogP contribution in [-0.2, 0) is 11.2 Å². The minimum atomic E-state index is 0.00220. The molecule has 6 heteroatoms. The van der Waals surface area contributed by atoms with Crippen LogP contribution in [0, 0.1) is 0 Å². The van der Waals surface area contributed by atoms with E-state index < -0.39 is 0 Å². The van der Waals surface area contributed by atoms with Crippen molar-refractivity contribution in [2.45, 2.75) is 13.3 Å². The van der Waals surface area contributed by atoms with E-state index in [0.717, 1.165) is 48.2 Å². The van der Waals surface area contributed by atoms with Crippen molar-refractivity contribution in [2.24, 2.45) is 0 Å². The Bertz CT molecular complexity index is 528. The Kier molecular flexibility index (Phi) is 6.67. The Balaban J connectivity index is 1.79. The Morgan fingerprint density at radius 3 is 2.64 bits per heavy atom. The van der Waals surface area contributed by atoms with Crippen LogP contribution in [0.1, 0.15) is 12.5 Å². The van der Waals surface area contributed by atoms with Crippen LogP contribution in [0.5, 0.6) is 0 Å². The number of nitrogens with one attached hydrogen (secondary N) is 1. The molecule has 0 bridgehead atoms. The molecule has 1 amide bonds. The zero-order valence-electron chi connectivity index (χ0n) is 13.2. The number of benzene rings is 1. The van der Waals surface area contributed by atoms with Gasteiger partial charge in [-0.15, -0.1) is 0 Å². The number of para-hydroxylation sites is 1. The number of hydrogen-bond donors (Lipinski definition) is 1. The van der Waals surface area contributed by atoms with Gasteiger partial charge >= 0.3 is 0 Å². The first-order valence-electron chi connectivity index (χ1n) is 7.58. The van der Waals surface area contributed by atoms with E-state index in [1.807, 2.05) is 24.3 Å². The molecule has 0 unspecified atom stereocenters. The number of rotatable bonds is 4. The summed E-state index contributed by atoms with van der Waals surface area (Å²) in [5, 5.41) is 2.98. The van der Waals surface area contributed by atoms with E-state index in [9.17, 15) is 4.79 Å². The number of likely N-dealkylation sites (N-methyl/N-ethyl adjacent to an activating group) is 1. The monoisotopic (exact) mass is 337 g/mol. The van der Waals surface area contributed by atoms with Crippen LogP contribution in [-0.4, -0.2) is 59.0 Å². The van der Waals surface area contributed by atoms with Crippen LogP contribution in [0.2, 0.25) is 0 Å². The molecule has 1 aromatic carbocycles. The fourth-order valence-electron chi connectivity index (χ4n) is 2.34. The third-order valence-corrected chi connectivity index (χ3v) is 5.28. The molecule has 0 radical (unpaired) electrons. The first kappa shape index (κ1) is 17.2. The van der Waals surface area contributed by atoms with Gasteiger partial charge in [0.15, 0.2) is 0 Å². The predicted octanol–water partition coefficient (Wildman–Crippen LogP) is 2.45. The lowest BCUT2D eigenvalue weighted by Crippen LogP contribution is -2.46. The number of amides is 1. The van der Waals surface area contributed by atoms with E-state index in [1.54, 1.807) is 0 Å². The standard InChI is InChI=1S/C16H23N3OS2/c1-3-13-6-4-5-7-14(13)17-15(20)12-22-16(21)19-10-8-18(2)9-11-19/h4-7H,3,8-12H2,1-2H3,(H,17,20). The molecule has 1 fully saturated rings. The second-order valence-corrected chi connectivity index (χ2v) is 7.01. The van der Waals surface area contributed by atoms with Gasteiger partial charge < -0.3 is 15.1 Å². The number of carbonyl (C=O) groups is 1. The van der Waals surface area contributed by atoms with E-state index in [1.165, 1.54) is 11.8 Å². The fraction of sp³-hybridized carbons (Fsp3) is 0.500. The number of piperazine rings is 1. The maximum absolute atomic E-state index is 12.1. The summed E-state index contributed by atoms with van der Waals surface area (Å²) in [4.78, 5) is 16.6. The van der Waals surface area contributed by atoms with Gasteiger partial charge in [-0.1, -0.05) is 49.1 Å². The molecule has 1 saturated heterocycles. The van der Waals surface area contributed by atoms with Crippen LogP contribution < -0.4 is 5.32 Å². The van der Waals surface area contributed by atoms with Crippen molar-refractivity contribution in [3.8, 4) is 0 Å². The van der Waals surface area contributed by atoms with E-state index in [0.29, 0.717) is 5.75 Å². The summed E-state index contributed by atoms with van der Waals surface area (Å²) in [6.07, 6.45) is 0.906. The molecule has 120 valence electrons. The maximum atomic E-state index is 12.1. The summed E-state index contributed by atoms with van der Waals surface area (Å²) in [5.74, 6) is 0.367. The van der Waals surface area contributed by atoms with E-state index in [2.05, 4.69) is 29.1 Å². The number of hydrogen-bond acceptors (Lipinski definition) is 4. The summed E-state index contributed by atoms with van der Waals surface area (Å²) in [6.45, 7) is 6.03. The zero-order chi connectivity index (χ0) is 15.9. The first-order valence-corrected chi connectivity index (χ1v) is 8.97. The Hall–Kier alpha value is -1.11. The summed E-state index contributed by atoms with van der Waals surface area (Å²) in [7, 11) is 2.12. The molecule has 0 spiro atoms. The van der Waals surface area contributed by atoms with Gasteiger partial charge in [0, 0.05) is 31.9 Å². The Morgan fingerprint density at radius 2 is 1.95 bits per heavy atom. The number of thioether (sulfide) groups is 1. The second kappa shape index (κ2) is 8.50.